The fraction of sp³-hybridized carbons (Fsp3) is 0.385. The summed E-state index contributed by atoms with van der Waals surface area (Å²) in [5, 5.41) is 11.5. The molecule has 0 saturated heterocycles. The first kappa shape index (κ1) is 15.7. The minimum absolute atomic E-state index is 0.0806. The number of carboxylic acids is 1. The molecule has 0 aromatic heterocycles. The molecule has 0 fully saturated rings. The molecule has 0 radical (unpaired) electrons. The molecule has 2 atom stereocenters. The minimum Gasteiger partial charge on any atom is -0.478 e. The first-order chi connectivity index (χ1) is 8.86. The van der Waals surface area contributed by atoms with Gasteiger partial charge in [-0.3, -0.25) is 4.79 Å². The average molecular weight is 329 g/mol. The number of carboxylic acid groups (broad SMARTS) is 1. The lowest BCUT2D eigenvalue weighted by Gasteiger charge is -2.18. The first-order valence-electron chi connectivity index (χ1n) is 5.96. The van der Waals surface area contributed by atoms with Crippen LogP contribution < -0.4 is 11.1 Å². The Labute approximate surface area is 120 Å². The molecule has 5 nitrogen and oxygen atoms in total. The highest BCUT2D eigenvalue weighted by Gasteiger charge is 2.20. The summed E-state index contributed by atoms with van der Waals surface area (Å²) < 4.78 is 0.511. The number of nitrogens with one attached hydrogen (secondary N) is 1. The Morgan fingerprint density at radius 1 is 1.47 bits per heavy atom. The van der Waals surface area contributed by atoms with Crippen molar-refractivity contribution in [1.82, 2.24) is 0 Å². The van der Waals surface area contributed by atoms with Crippen LogP contribution in [0.3, 0.4) is 0 Å². The predicted octanol–water partition coefficient (Wildman–Crippen LogP) is 2.46. The van der Waals surface area contributed by atoms with Crippen LogP contribution in [0.1, 0.15) is 30.6 Å². The molecule has 19 heavy (non-hydrogen) atoms. The summed E-state index contributed by atoms with van der Waals surface area (Å²) in [5.74, 6) is -1.22. The van der Waals surface area contributed by atoms with Gasteiger partial charge in [-0.2, -0.15) is 0 Å². The summed E-state index contributed by atoms with van der Waals surface area (Å²) in [6.45, 7) is 3.88. The Morgan fingerprint density at radius 3 is 2.58 bits per heavy atom. The van der Waals surface area contributed by atoms with Crippen molar-refractivity contribution in [2.75, 3.05) is 5.32 Å². The maximum Gasteiger partial charge on any atom is 0.335 e. The summed E-state index contributed by atoms with van der Waals surface area (Å²) in [7, 11) is 0. The molecule has 0 bridgehead atoms. The molecule has 0 spiro atoms. The van der Waals surface area contributed by atoms with Crippen molar-refractivity contribution >= 4 is 33.5 Å². The maximum absolute atomic E-state index is 11.9. The van der Waals surface area contributed by atoms with E-state index < -0.39 is 12.0 Å². The molecule has 4 N–H and O–H groups in total. The zero-order valence-corrected chi connectivity index (χ0v) is 12.4. The SMILES string of the molecule is CCC(C)C(N)C(=O)Nc1ccc(C(=O)O)cc1Br. The second kappa shape index (κ2) is 6.68. The first-order valence-corrected chi connectivity index (χ1v) is 6.75. The van der Waals surface area contributed by atoms with Gasteiger partial charge >= 0.3 is 5.97 Å². The predicted molar refractivity (Wildman–Crippen MR) is 77.2 cm³/mol. The lowest BCUT2D eigenvalue weighted by Crippen LogP contribution is -2.40. The molecular weight excluding hydrogens is 312 g/mol. The molecule has 6 heteroatoms. The molecule has 1 rings (SSSR count). The number of amides is 1. The number of carbonyl (C=O) groups excluding carboxylic acids is 1. The lowest BCUT2D eigenvalue weighted by atomic mass is 9.99. The van der Waals surface area contributed by atoms with Gasteiger partial charge in [0.05, 0.1) is 17.3 Å². The van der Waals surface area contributed by atoms with Crippen LogP contribution in [0.15, 0.2) is 22.7 Å². The van der Waals surface area contributed by atoms with E-state index in [2.05, 4.69) is 21.2 Å². The van der Waals surface area contributed by atoms with Crippen LogP contribution in [-0.2, 0) is 4.79 Å². The molecule has 0 saturated carbocycles. The number of anilines is 1. The van der Waals surface area contributed by atoms with Crippen molar-refractivity contribution in [1.29, 1.82) is 0 Å². The Kier molecular flexibility index (Phi) is 5.50. The van der Waals surface area contributed by atoms with Crippen molar-refractivity contribution < 1.29 is 14.7 Å². The molecule has 0 aliphatic rings. The van der Waals surface area contributed by atoms with E-state index in [4.69, 9.17) is 10.8 Å². The second-order valence-corrected chi connectivity index (χ2v) is 5.25. The highest BCUT2D eigenvalue weighted by Crippen LogP contribution is 2.24. The lowest BCUT2D eigenvalue weighted by molar-refractivity contribution is -0.118. The van der Waals surface area contributed by atoms with Gasteiger partial charge in [-0.1, -0.05) is 20.3 Å². The summed E-state index contributed by atoms with van der Waals surface area (Å²) in [6.07, 6.45) is 0.813. The van der Waals surface area contributed by atoms with Gasteiger partial charge in [-0.15, -0.1) is 0 Å². The third-order valence-electron chi connectivity index (χ3n) is 3.03. The minimum atomic E-state index is -1.02. The fourth-order valence-electron chi connectivity index (χ4n) is 1.48. The molecule has 0 aliphatic carbocycles. The van der Waals surface area contributed by atoms with E-state index in [1.165, 1.54) is 18.2 Å². The zero-order chi connectivity index (χ0) is 14.6. The van der Waals surface area contributed by atoms with E-state index in [9.17, 15) is 9.59 Å². The van der Waals surface area contributed by atoms with Crippen LogP contribution in [-0.4, -0.2) is 23.0 Å². The summed E-state index contributed by atoms with van der Waals surface area (Å²) in [5.41, 5.74) is 6.48. The number of hydrogen-bond acceptors (Lipinski definition) is 3. The Hall–Kier alpha value is -1.40. The Balaban J connectivity index is 2.83. The van der Waals surface area contributed by atoms with E-state index in [-0.39, 0.29) is 17.4 Å². The number of rotatable bonds is 5. The van der Waals surface area contributed by atoms with Crippen LogP contribution in [0.5, 0.6) is 0 Å². The second-order valence-electron chi connectivity index (χ2n) is 4.40. The largest absolute Gasteiger partial charge is 0.478 e. The quantitative estimate of drug-likeness (QED) is 0.774. The van der Waals surface area contributed by atoms with Crippen LogP contribution in [0.4, 0.5) is 5.69 Å². The smallest absolute Gasteiger partial charge is 0.335 e. The number of carbonyl (C=O) groups is 2. The van der Waals surface area contributed by atoms with Crippen LogP contribution in [0, 0.1) is 5.92 Å². The number of benzene rings is 1. The van der Waals surface area contributed by atoms with Crippen LogP contribution in [0.2, 0.25) is 0 Å². The van der Waals surface area contributed by atoms with Gasteiger partial charge in [0.1, 0.15) is 0 Å². The maximum atomic E-state index is 11.9. The highest BCUT2D eigenvalue weighted by atomic mass is 79.9. The van der Waals surface area contributed by atoms with Crippen LogP contribution >= 0.6 is 15.9 Å². The fourth-order valence-corrected chi connectivity index (χ4v) is 1.96. The third-order valence-corrected chi connectivity index (χ3v) is 3.69. The number of halogens is 1. The monoisotopic (exact) mass is 328 g/mol. The topological polar surface area (TPSA) is 92.4 Å². The van der Waals surface area contributed by atoms with E-state index in [1.807, 2.05) is 13.8 Å². The third kappa shape index (κ3) is 4.04. The van der Waals surface area contributed by atoms with Gasteiger partial charge in [-0.05, 0) is 40.0 Å². The molecule has 0 heterocycles. The molecule has 104 valence electrons. The van der Waals surface area contributed by atoms with Gasteiger partial charge in [0.2, 0.25) is 5.91 Å². The average Bonchev–Trinajstić information content (AvgIpc) is 2.38. The van der Waals surface area contributed by atoms with Gasteiger partial charge < -0.3 is 16.2 Å². The Morgan fingerprint density at radius 2 is 2.11 bits per heavy atom. The molecular formula is C13H17BrN2O3. The van der Waals surface area contributed by atoms with Crippen molar-refractivity contribution in [3.63, 3.8) is 0 Å². The number of nitrogens with two attached hydrogens (primary N) is 1. The number of hydrogen-bond donors (Lipinski definition) is 3. The van der Waals surface area contributed by atoms with Gasteiger partial charge in [0, 0.05) is 4.47 Å². The van der Waals surface area contributed by atoms with Crippen molar-refractivity contribution in [2.45, 2.75) is 26.3 Å². The van der Waals surface area contributed by atoms with Crippen molar-refractivity contribution in [3.05, 3.63) is 28.2 Å². The normalized spacial score (nSPS) is 13.7. The molecule has 0 aliphatic heterocycles. The summed E-state index contributed by atoms with van der Waals surface area (Å²) in [4.78, 5) is 22.7. The standard InChI is InChI=1S/C13H17BrN2O3/c1-3-7(2)11(15)12(17)16-10-5-4-8(13(18)19)6-9(10)14/h4-7,11H,3,15H2,1-2H3,(H,16,17)(H,18,19). The summed E-state index contributed by atoms with van der Waals surface area (Å²) in [6, 6.07) is 3.81. The van der Waals surface area contributed by atoms with Gasteiger partial charge in [0.15, 0.2) is 0 Å². The zero-order valence-electron chi connectivity index (χ0n) is 10.8. The van der Waals surface area contributed by atoms with Crippen LogP contribution in [0.25, 0.3) is 0 Å². The van der Waals surface area contributed by atoms with E-state index in [1.54, 1.807) is 0 Å². The molecule has 2 unspecified atom stereocenters. The summed E-state index contributed by atoms with van der Waals surface area (Å²) >= 11 is 3.23. The molecule has 1 aromatic carbocycles. The van der Waals surface area contributed by atoms with E-state index in [0.717, 1.165) is 6.42 Å². The van der Waals surface area contributed by atoms with Crippen molar-refractivity contribution in [3.8, 4) is 0 Å². The molecule has 1 amide bonds. The van der Waals surface area contributed by atoms with Gasteiger partial charge in [0.25, 0.3) is 0 Å². The number of aromatic carboxylic acids is 1. The van der Waals surface area contributed by atoms with Crippen molar-refractivity contribution in [2.24, 2.45) is 11.7 Å². The highest BCUT2D eigenvalue weighted by molar-refractivity contribution is 9.10. The van der Waals surface area contributed by atoms with Gasteiger partial charge in [-0.25, -0.2) is 4.79 Å². The molecule has 1 aromatic rings. The Bertz CT molecular complexity index is 491. The van der Waals surface area contributed by atoms with E-state index in [0.29, 0.717) is 10.2 Å². The van der Waals surface area contributed by atoms with E-state index >= 15 is 0 Å².